The Bertz CT molecular complexity index is 1220. The molecule has 1 aromatic heterocycles. The van der Waals surface area contributed by atoms with Crippen LogP contribution in [-0.2, 0) is 16.0 Å². The summed E-state index contributed by atoms with van der Waals surface area (Å²) in [5, 5.41) is 4.47. The number of aromatic nitrogens is 1. The fourth-order valence-corrected chi connectivity index (χ4v) is 9.56. The number of methoxy groups -OCH3 is 1. The lowest BCUT2D eigenvalue weighted by molar-refractivity contribution is -0.159. The number of para-hydroxylation sites is 2. The zero-order valence-electron chi connectivity index (χ0n) is 22.6. The van der Waals surface area contributed by atoms with Crippen LogP contribution in [0.2, 0.25) is 0 Å². The summed E-state index contributed by atoms with van der Waals surface area (Å²) in [6.45, 7) is 7.00. The van der Waals surface area contributed by atoms with Crippen LogP contribution in [0.5, 0.6) is 5.75 Å². The molecule has 0 unspecified atom stereocenters. The molecule has 4 aliphatic carbocycles. The van der Waals surface area contributed by atoms with Crippen LogP contribution < -0.4 is 10.1 Å². The summed E-state index contributed by atoms with van der Waals surface area (Å²) in [6.07, 6.45) is 12.0. The van der Waals surface area contributed by atoms with Crippen LogP contribution in [-0.4, -0.2) is 24.2 Å². The average Bonchev–Trinajstić information content (AvgIpc) is 3.44. The van der Waals surface area contributed by atoms with Gasteiger partial charge in [0.2, 0.25) is 0 Å². The number of aryl methyl sites for hydroxylation is 1. The molecule has 6 atom stereocenters. The van der Waals surface area contributed by atoms with Gasteiger partial charge in [0.25, 0.3) is 0 Å². The van der Waals surface area contributed by atoms with E-state index < -0.39 is 0 Å². The first-order chi connectivity index (χ1) is 17.9. The lowest BCUT2D eigenvalue weighted by Crippen LogP contribution is -2.50. The number of carbonyl (C=O) groups excluding carboxylic acids is 1. The molecule has 6 rings (SSSR count). The van der Waals surface area contributed by atoms with Gasteiger partial charge in [0.1, 0.15) is 11.9 Å². The Kier molecular flexibility index (Phi) is 6.37. The second-order valence-corrected chi connectivity index (χ2v) is 13.1. The standard InChI is InChI=1S/C31H40N2O3S/c1-5-8-27(34)36-26-14-13-20-19-11-12-22-28-24(16-18-30(22,2)21(19)15-17-31(20,26)3)33-29(37-28)32-23-9-6-7-10-25(23)35-4/h6-7,9-10,12,19-21,26H,5,8,11,13-18H2,1-4H3,(H,32,33)/t19-,20-,21-,26-,30+,31-/m0/s1. The number of esters is 1. The second-order valence-electron chi connectivity index (χ2n) is 12.1. The number of rotatable bonds is 6. The summed E-state index contributed by atoms with van der Waals surface area (Å²) in [5.41, 5.74) is 4.06. The van der Waals surface area contributed by atoms with Crippen LogP contribution in [0.4, 0.5) is 10.8 Å². The molecule has 6 heteroatoms. The van der Waals surface area contributed by atoms with E-state index in [-0.39, 0.29) is 22.9 Å². The highest BCUT2D eigenvalue weighted by Crippen LogP contribution is 2.66. The quantitative estimate of drug-likeness (QED) is 0.394. The van der Waals surface area contributed by atoms with Crippen molar-refractivity contribution < 1.29 is 14.3 Å². The van der Waals surface area contributed by atoms with Crippen LogP contribution in [0, 0.1) is 28.6 Å². The number of hydrogen-bond acceptors (Lipinski definition) is 6. The number of allylic oxidation sites excluding steroid dienone is 2. The van der Waals surface area contributed by atoms with Gasteiger partial charge in [-0.05, 0) is 92.2 Å². The smallest absolute Gasteiger partial charge is 0.306 e. The fraction of sp³-hybridized carbons (Fsp3) is 0.613. The number of ether oxygens (including phenoxy) is 2. The molecule has 2 saturated carbocycles. The molecule has 0 radical (unpaired) electrons. The number of carbonyl (C=O) groups is 1. The number of nitrogens with zero attached hydrogens (tertiary/aromatic N) is 1. The molecular weight excluding hydrogens is 480 g/mol. The van der Waals surface area contributed by atoms with E-state index in [1.165, 1.54) is 41.8 Å². The van der Waals surface area contributed by atoms with Crippen LogP contribution >= 0.6 is 11.3 Å². The van der Waals surface area contributed by atoms with Gasteiger partial charge in [0.15, 0.2) is 5.13 Å². The molecule has 0 saturated heterocycles. The van der Waals surface area contributed by atoms with Crippen molar-refractivity contribution in [2.24, 2.45) is 28.6 Å². The molecule has 1 heterocycles. The topological polar surface area (TPSA) is 60.5 Å². The summed E-state index contributed by atoms with van der Waals surface area (Å²) in [5.74, 6) is 2.85. The molecule has 198 valence electrons. The van der Waals surface area contributed by atoms with Gasteiger partial charge in [-0.3, -0.25) is 4.79 Å². The first-order valence-corrected chi connectivity index (χ1v) is 15.0. The van der Waals surface area contributed by atoms with Crippen molar-refractivity contribution in [2.45, 2.75) is 84.7 Å². The minimum absolute atomic E-state index is 0.00294. The summed E-state index contributed by atoms with van der Waals surface area (Å²) in [4.78, 5) is 18.8. The van der Waals surface area contributed by atoms with Crippen LogP contribution in [0.15, 0.2) is 30.3 Å². The Morgan fingerprint density at radius 3 is 2.81 bits per heavy atom. The van der Waals surface area contributed by atoms with E-state index in [2.05, 4.69) is 32.2 Å². The highest BCUT2D eigenvalue weighted by molar-refractivity contribution is 7.16. The normalized spacial score (nSPS) is 33.9. The average molecular weight is 521 g/mol. The molecule has 4 aliphatic rings. The predicted molar refractivity (Wildman–Crippen MR) is 149 cm³/mol. The number of hydrogen-bond donors (Lipinski definition) is 1. The van der Waals surface area contributed by atoms with Crippen LogP contribution in [0.25, 0.3) is 5.57 Å². The number of nitrogens with one attached hydrogen (secondary N) is 1. The molecule has 0 spiro atoms. The Balaban J connectivity index is 1.26. The zero-order valence-corrected chi connectivity index (χ0v) is 23.5. The fourth-order valence-electron chi connectivity index (χ4n) is 8.36. The van der Waals surface area contributed by atoms with Crippen molar-refractivity contribution in [1.82, 2.24) is 4.98 Å². The maximum Gasteiger partial charge on any atom is 0.306 e. The Hall–Kier alpha value is -2.34. The Morgan fingerprint density at radius 2 is 2.00 bits per heavy atom. The molecular formula is C31H40N2O3S. The van der Waals surface area contributed by atoms with E-state index >= 15 is 0 Å². The first kappa shape index (κ1) is 25.0. The molecule has 37 heavy (non-hydrogen) atoms. The maximum atomic E-state index is 12.4. The summed E-state index contributed by atoms with van der Waals surface area (Å²) >= 11 is 1.80. The van der Waals surface area contributed by atoms with Gasteiger partial charge in [-0.25, -0.2) is 4.98 Å². The maximum absolute atomic E-state index is 12.4. The van der Waals surface area contributed by atoms with Crippen molar-refractivity contribution in [2.75, 3.05) is 12.4 Å². The Labute approximate surface area is 225 Å². The summed E-state index contributed by atoms with van der Waals surface area (Å²) in [6, 6.07) is 8.03. The molecule has 2 aromatic rings. The minimum Gasteiger partial charge on any atom is -0.495 e. The minimum atomic E-state index is -0.00294. The van der Waals surface area contributed by atoms with Gasteiger partial charge in [-0.1, -0.05) is 50.3 Å². The largest absolute Gasteiger partial charge is 0.495 e. The van der Waals surface area contributed by atoms with Gasteiger partial charge in [0, 0.05) is 11.8 Å². The summed E-state index contributed by atoms with van der Waals surface area (Å²) < 4.78 is 11.6. The molecule has 1 aromatic carbocycles. The van der Waals surface area contributed by atoms with Crippen molar-refractivity contribution in [3.63, 3.8) is 0 Å². The number of benzene rings is 1. The van der Waals surface area contributed by atoms with Gasteiger partial charge in [0.05, 0.1) is 23.4 Å². The third-order valence-corrected chi connectivity index (χ3v) is 11.3. The zero-order chi connectivity index (χ0) is 25.8. The van der Waals surface area contributed by atoms with E-state index in [9.17, 15) is 4.79 Å². The predicted octanol–water partition coefficient (Wildman–Crippen LogP) is 7.79. The van der Waals surface area contributed by atoms with Crippen molar-refractivity contribution in [3.05, 3.63) is 40.9 Å². The third kappa shape index (κ3) is 4.02. The SMILES string of the molecule is CCCC(=O)O[C@H]1CC[C@H]2[C@@H]3CC=C4c5sc(Nc6ccccc6OC)nc5CC[C@]4(C)[C@H]3CC[C@]12C. The van der Waals surface area contributed by atoms with E-state index in [1.807, 2.05) is 24.3 Å². The van der Waals surface area contributed by atoms with Crippen LogP contribution in [0.1, 0.15) is 82.7 Å². The highest BCUT2D eigenvalue weighted by atomic mass is 32.1. The van der Waals surface area contributed by atoms with Gasteiger partial charge in [-0.2, -0.15) is 0 Å². The molecule has 0 amide bonds. The second kappa shape index (κ2) is 9.44. The van der Waals surface area contributed by atoms with Crippen LogP contribution in [0.3, 0.4) is 0 Å². The molecule has 5 nitrogen and oxygen atoms in total. The molecule has 0 bridgehead atoms. The van der Waals surface area contributed by atoms with Gasteiger partial charge in [-0.15, -0.1) is 0 Å². The van der Waals surface area contributed by atoms with Crippen molar-refractivity contribution in [1.29, 1.82) is 0 Å². The Morgan fingerprint density at radius 1 is 1.16 bits per heavy atom. The van der Waals surface area contributed by atoms with Crippen molar-refractivity contribution >= 4 is 33.7 Å². The number of thiazole rings is 1. The number of fused-ring (bicyclic) bond motifs is 7. The molecule has 2 fully saturated rings. The summed E-state index contributed by atoms with van der Waals surface area (Å²) in [7, 11) is 1.71. The van der Waals surface area contributed by atoms with Crippen molar-refractivity contribution in [3.8, 4) is 5.75 Å². The van der Waals surface area contributed by atoms with Gasteiger partial charge >= 0.3 is 5.97 Å². The lowest BCUT2D eigenvalue weighted by Gasteiger charge is -2.56. The number of anilines is 2. The first-order valence-electron chi connectivity index (χ1n) is 14.2. The third-order valence-electron chi connectivity index (χ3n) is 10.3. The highest BCUT2D eigenvalue weighted by Gasteiger charge is 2.60. The van der Waals surface area contributed by atoms with E-state index in [0.717, 1.165) is 42.3 Å². The van der Waals surface area contributed by atoms with E-state index in [4.69, 9.17) is 14.5 Å². The van der Waals surface area contributed by atoms with E-state index in [1.54, 1.807) is 18.4 Å². The van der Waals surface area contributed by atoms with Gasteiger partial charge < -0.3 is 14.8 Å². The molecule has 0 aliphatic heterocycles. The monoisotopic (exact) mass is 520 g/mol. The van der Waals surface area contributed by atoms with E-state index in [0.29, 0.717) is 24.2 Å². The lowest BCUT2D eigenvalue weighted by atomic mass is 9.48. The molecule has 1 N–H and O–H groups in total.